The number of nitrogens with zero attached hydrogens (tertiary/aromatic N) is 1. The average molecular weight is 910 g/mol. The van der Waals surface area contributed by atoms with Crippen molar-refractivity contribution in [3.63, 3.8) is 0 Å². The number of methoxy groups -OCH3 is 3. The first-order valence-corrected chi connectivity index (χ1v) is 23.8. The Hall–Kier alpha value is -3.63. The van der Waals surface area contributed by atoms with Gasteiger partial charge in [-0.05, 0) is 95.5 Å². The number of carbonyl (C=O) groups is 5. The van der Waals surface area contributed by atoms with E-state index in [-0.39, 0.29) is 68.0 Å². The minimum Gasteiger partial charge on any atom is -0.456 e. The number of rotatable bonds is 10. The van der Waals surface area contributed by atoms with E-state index in [9.17, 15) is 34.2 Å². The molecule has 3 aliphatic heterocycles. The molecule has 0 radical (unpaired) electrons. The summed E-state index contributed by atoms with van der Waals surface area (Å²) in [6, 6.07) is 7.83. The molecular weight excluding hydrogens is 835 g/mol. The number of piperidine rings is 1. The molecule has 1 amide bonds. The van der Waals surface area contributed by atoms with Crippen LogP contribution in [0.1, 0.15) is 123 Å². The van der Waals surface area contributed by atoms with Gasteiger partial charge in [0.15, 0.2) is 5.78 Å². The minimum atomic E-state index is -2.52. The Kier molecular flexibility index (Phi) is 19.2. The molecule has 14 atom stereocenters. The lowest BCUT2D eigenvalue weighted by Crippen LogP contribution is -2.64. The number of hydrogen-bond acceptors (Lipinski definition) is 13. The van der Waals surface area contributed by atoms with Crippen molar-refractivity contribution in [2.45, 2.75) is 167 Å². The lowest BCUT2D eigenvalue weighted by molar-refractivity contribution is -0.302. The van der Waals surface area contributed by atoms with Crippen molar-refractivity contribution in [3.8, 4) is 0 Å². The summed E-state index contributed by atoms with van der Waals surface area (Å²) in [5.41, 5.74) is 2.21. The van der Waals surface area contributed by atoms with Crippen LogP contribution < -0.4 is 0 Å². The molecule has 14 nitrogen and oxygen atoms in total. The predicted octanol–water partition coefficient (Wildman–Crippen LogP) is 6.38. The summed E-state index contributed by atoms with van der Waals surface area (Å²) in [7, 11) is 4.67. The Bertz CT molecular complexity index is 1850. The van der Waals surface area contributed by atoms with Crippen LogP contribution in [0.4, 0.5) is 0 Å². The Morgan fingerprint density at radius 3 is 2.23 bits per heavy atom. The zero-order chi connectivity index (χ0) is 47.6. The van der Waals surface area contributed by atoms with E-state index in [1.165, 1.54) is 19.1 Å². The topological polar surface area (TPSA) is 184 Å². The Morgan fingerprint density at radius 2 is 1.57 bits per heavy atom. The second kappa shape index (κ2) is 23.9. The molecule has 0 spiro atoms. The van der Waals surface area contributed by atoms with Crippen molar-refractivity contribution in [2.75, 3.05) is 34.5 Å². The lowest BCUT2D eigenvalue weighted by atomic mass is 9.81. The number of cyclic esters (lactones) is 1. The number of hydrogen-bond donors (Lipinski definition) is 2. The van der Waals surface area contributed by atoms with Crippen molar-refractivity contribution in [2.24, 2.45) is 29.6 Å². The number of amides is 1. The van der Waals surface area contributed by atoms with Crippen LogP contribution in [0.3, 0.4) is 0 Å². The number of benzene rings is 1. The molecule has 3 fully saturated rings. The molecule has 0 aromatic heterocycles. The SMILES string of the molecule is CCC1C=C(C)CC(C)CC(OC)C2OC(O)(C(=O)C(=O)N3CCCCC3C(=O)OC(C(C)=CC3CCC(OCC(=O)c4ccccc4)C(OC)C3)C(C)C(O)CC1=O)C(C)CC2OC. The first-order chi connectivity index (χ1) is 30.9. The standard InChI is InChI=1S/C51H75NO13/c1-10-36-23-30(2)22-31(3)24-44(61-8)47-45(62-9)26-33(5)51(59,65-47)48(56)49(57)52-21-15-14-18-38(52)50(58)64-46(34(6)39(53)28-40(36)54)32(4)25-35-19-20-42(43(27-35)60-7)63-29-41(55)37-16-12-11-13-17-37/h11-13,16-17,23,25,31,33-36,38-39,42-47,53,59H,10,14-15,18-22,24,26-29H2,1-9H3. The highest BCUT2D eigenvalue weighted by molar-refractivity contribution is 6.39. The van der Waals surface area contributed by atoms with Gasteiger partial charge in [0, 0.05) is 57.6 Å². The molecule has 3 heterocycles. The van der Waals surface area contributed by atoms with E-state index in [1.54, 1.807) is 33.1 Å². The Labute approximate surface area is 385 Å². The van der Waals surface area contributed by atoms with E-state index < -0.39 is 77.8 Å². The molecule has 2 bridgehead atoms. The Balaban J connectivity index is 1.46. The van der Waals surface area contributed by atoms with Gasteiger partial charge in [-0.25, -0.2) is 4.79 Å². The van der Waals surface area contributed by atoms with E-state index in [2.05, 4.69) is 6.92 Å². The largest absolute Gasteiger partial charge is 0.456 e. The molecule has 65 heavy (non-hydrogen) atoms. The zero-order valence-electron chi connectivity index (χ0n) is 40.1. The van der Waals surface area contributed by atoms with Gasteiger partial charge in [-0.15, -0.1) is 0 Å². The molecule has 14 heteroatoms. The van der Waals surface area contributed by atoms with Gasteiger partial charge in [0.2, 0.25) is 5.79 Å². The number of Topliss-reactive ketones (excluding diaryl/α,β-unsaturated/α-hetero) is 3. The van der Waals surface area contributed by atoms with Crippen LogP contribution in [0.2, 0.25) is 0 Å². The van der Waals surface area contributed by atoms with Crippen LogP contribution in [0, 0.1) is 29.6 Å². The molecule has 1 aromatic rings. The molecule has 2 N–H and O–H groups in total. The van der Waals surface area contributed by atoms with Gasteiger partial charge in [0.05, 0.1) is 30.5 Å². The van der Waals surface area contributed by atoms with Crippen LogP contribution in [0.15, 0.2) is 53.6 Å². The highest BCUT2D eigenvalue weighted by Crippen LogP contribution is 2.39. The van der Waals surface area contributed by atoms with E-state index in [0.717, 1.165) is 5.57 Å². The van der Waals surface area contributed by atoms with Gasteiger partial charge in [-0.2, -0.15) is 0 Å². The van der Waals surface area contributed by atoms with Crippen molar-refractivity contribution in [3.05, 3.63) is 59.2 Å². The van der Waals surface area contributed by atoms with Gasteiger partial charge in [0.1, 0.15) is 30.6 Å². The molecule has 4 aliphatic rings. The molecular formula is C51H75NO13. The summed E-state index contributed by atoms with van der Waals surface area (Å²) < 4.78 is 36.4. The summed E-state index contributed by atoms with van der Waals surface area (Å²) in [6.45, 7) is 11.2. The molecule has 1 aromatic carbocycles. The van der Waals surface area contributed by atoms with Gasteiger partial charge in [0.25, 0.3) is 11.7 Å². The van der Waals surface area contributed by atoms with Crippen LogP contribution >= 0.6 is 0 Å². The van der Waals surface area contributed by atoms with E-state index in [1.807, 2.05) is 51.1 Å². The highest BCUT2D eigenvalue weighted by Gasteiger charge is 2.56. The lowest BCUT2D eigenvalue weighted by Gasteiger charge is -2.47. The molecule has 1 aliphatic carbocycles. The molecule has 5 rings (SSSR count). The van der Waals surface area contributed by atoms with E-state index in [4.69, 9.17) is 28.4 Å². The molecule has 1 saturated carbocycles. The second-order valence-corrected chi connectivity index (χ2v) is 19.2. The number of esters is 1. The number of ketones is 3. The van der Waals surface area contributed by atoms with Crippen molar-refractivity contribution in [1.82, 2.24) is 4.90 Å². The first-order valence-electron chi connectivity index (χ1n) is 23.8. The zero-order valence-corrected chi connectivity index (χ0v) is 40.1. The second-order valence-electron chi connectivity index (χ2n) is 19.2. The summed E-state index contributed by atoms with van der Waals surface area (Å²) in [6.07, 6.45) is 3.90. The fraction of sp³-hybridized carbons (Fsp3) is 0.706. The third-order valence-electron chi connectivity index (χ3n) is 14.4. The fourth-order valence-corrected chi connectivity index (χ4v) is 10.5. The first kappa shape index (κ1) is 52.3. The summed E-state index contributed by atoms with van der Waals surface area (Å²) in [5, 5.41) is 23.9. The van der Waals surface area contributed by atoms with Crippen molar-refractivity contribution in [1.29, 1.82) is 0 Å². The fourth-order valence-electron chi connectivity index (χ4n) is 10.5. The number of carbonyl (C=O) groups excluding carboxylic acids is 5. The number of fused-ring (bicyclic) bond motifs is 3. The average Bonchev–Trinajstić information content (AvgIpc) is 3.30. The summed E-state index contributed by atoms with van der Waals surface area (Å²) in [4.78, 5) is 71.1. The van der Waals surface area contributed by atoms with Crippen LogP contribution in [-0.4, -0.2) is 133 Å². The maximum Gasteiger partial charge on any atom is 0.329 e. The smallest absolute Gasteiger partial charge is 0.329 e. The molecule has 362 valence electrons. The van der Waals surface area contributed by atoms with Crippen molar-refractivity contribution < 1.29 is 62.6 Å². The van der Waals surface area contributed by atoms with Crippen LogP contribution in [0.25, 0.3) is 0 Å². The summed E-state index contributed by atoms with van der Waals surface area (Å²) >= 11 is 0. The third kappa shape index (κ3) is 12.9. The minimum absolute atomic E-state index is 0.0211. The molecule has 2 saturated heterocycles. The van der Waals surface area contributed by atoms with Gasteiger partial charge >= 0.3 is 5.97 Å². The van der Waals surface area contributed by atoms with Crippen molar-refractivity contribution >= 4 is 29.2 Å². The van der Waals surface area contributed by atoms with E-state index in [0.29, 0.717) is 62.5 Å². The van der Waals surface area contributed by atoms with Crippen LogP contribution in [-0.2, 0) is 47.6 Å². The Morgan fingerprint density at radius 1 is 0.892 bits per heavy atom. The van der Waals surface area contributed by atoms with Gasteiger partial charge in [-0.3, -0.25) is 19.2 Å². The number of allylic oxidation sites excluding steroid dienone is 3. The maximum atomic E-state index is 14.5. The quantitative estimate of drug-likeness (QED) is 0.114. The van der Waals surface area contributed by atoms with Gasteiger partial charge in [-0.1, -0.05) is 75.8 Å². The molecule has 14 unspecified atom stereocenters. The number of aliphatic hydroxyl groups is 2. The monoisotopic (exact) mass is 910 g/mol. The summed E-state index contributed by atoms with van der Waals surface area (Å²) in [5.74, 6) is -7.80. The maximum absolute atomic E-state index is 14.5. The highest BCUT2D eigenvalue weighted by atomic mass is 16.7. The number of aliphatic hydroxyl groups excluding tert-OH is 1. The van der Waals surface area contributed by atoms with Gasteiger partial charge < -0.3 is 43.5 Å². The number of ether oxygens (including phenoxy) is 6. The van der Waals surface area contributed by atoms with Crippen LogP contribution in [0.5, 0.6) is 0 Å². The normalized spacial score (nSPS) is 36.5. The van der Waals surface area contributed by atoms with E-state index >= 15 is 0 Å². The predicted molar refractivity (Wildman–Crippen MR) is 243 cm³/mol. The third-order valence-corrected chi connectivity index (χ3v) is 14.4.